The summed E-state index contributed by atoms with van der Waals surface area (Å²) in [6.45, 7) is 0.863. The van der Waals surface area contributed by atoms with Crippen LogP contribution in [0.1, 0.15) is 19.3 Å². The van der Waals surface area contributed by atoms with E-state index in [1.165, 1.54) is 6.42 Å². The van der Waals surface area contributed by atoms with Crippen molar-refractivity contribution in [1.29, 1.82) is 0 Å². The molecule has 1 atom stereocenters. The van der Waals surface area contributed by atoms with Gasteiger partial charge in [-0.1, -0.05) is 53.7 Å². The zero-order valence-corrected chi connectivity index (χ0v) is 15.9. The lowest BCUT2D eigenvalue weighted by Crippen LogP contribution is -2.21. The fraction of sp³-hybridized carbons (Fsp3) is 0.300. The number of rotatable bonds is 5. The van der Waals surface area contributed by atoms with E-state index >= 15 is 0 Å². The van der Waals surface area contributed by atoms with Crippen molar-refractivity contribution in [2.45, 2.75) is 30.5 Å². The molecule has 2 heterocycles. The average Bonchev–Trinajstić information content (AvgIpc) is 3.12. The van der Waals surface area contributed by atoms with E-state index in [-0.39, 0.29) is 0 Å². The molecule has 4 rings (SSSR count). The number of aromatic nitrogens is 3. The molecule has 1 aliphatic rings. The zero-order chi connectivity index (χ0) is 17.8. The van der Waals surface area contributed by atoms with Gasteiger partial charge in [0, 0.05) is 23.6 Å². The molecule has 134 valence electrons. The minimum Gasteiger partial charge on any atom is -0.377 e. The summed E-state index contributed by atoms with van der Waals surface area (Å²) in [5, 5.41) is 10.4. The van der Waals surface area contributed by atoms with Crippen molar-refractivity contribution in [3.8, 4) is 17.1 Å². The maximum atomic E-state index is 6.42. The molecule has 0 bridgehead atoms. The fourth-order valence-corrected chi connectivity index (χ4v) is 4.33. The highest BCUT2D eigenvalue weighted by Gasteiger charge is 2.20. The van der Waals surface area contributed by atoms with Gasteiger partial charge in [0.2, 0.25) is 0 Å². The van der Waals surface area contributed by atoms with Crippen molar-refractivity contribution < 1.29 is 4.74 Å². The third kappa shape index (κ3) is 3.80. The van der Waals surface area contributed by atoms with E-state index in [0.29, 0.717) is 11.1 Å². The molecule has 26 heavy (non-hydrogen) atoms. The maximum absolute atomic E-state index is 6.42. The molecule has 1 aromatic heterocycles. The van der Waals surface area contributed by atoms with Crippen LogP contribution in [-0.4, -0.2) is 33.2 Å². The molecule has 6 heteroatoms. The summed E-state index contributed by atoms with van der Waals surface area (Å²) < 4.78 is 7.93. The van der Waals surface area contributed by atoms with Crippen molar-refractivity contribution in [2.75, 3.05) is 12.4 Å². The predicted molar refractivity (Wildman–Crippen MR) is 106 cm³/mol. The number of para-hydroxylation sites is 1. The van der Waals surface area contributed by atoms with Crippen molar-refractivity contribution in [3.63, 3.8) is 0 Å². The largest absolute Gasteiger partial charge is 0.377 e. The Morgan fingerprint density at radius 3 is 2.62 bits per heavy atom. The Balaban J connectivity index is 1.69. The van der Waals surface area contributed by atoms with Crippen molar-refractivity contribution in [1.82, 2.24) is 14.8 Å². The quantitative estimate of drug-likeness (QED) is 0.562. The molecule has 0 aliphatic carbocycles. The summed E-state index contributed by atoms with van der Waals surface area (Å²) in [7, 11) is 0. The standard InChI is InChI=1S/C20H20ClN3OS/c21-18-12-5-4-11-17(18)19-22-23-20(24(19)15-8-2-1-3-9-15)26-14-16-10-6-7-13-25-16/h1-5,8-9,11-12,16H,6-7,10,13-14H2/t16-/m0/s1. The van der Waals surface area contributed by atoms with E-state index in [2.05, 4.69) is 26.9 Å². The molecular formula is C20H20ClN3OS. The third-order valence-electron chi connectivity index (χ3n) is 4.43. The van der Waals surface area contributed by atoms with Gasteiger partial charge in [-0.2, -0.15) is 0 Å². The van der Waals surface area contributed by atoms with Gasteiger partial charge in [0.25, 0.3) is 0 Å². The normalized spacial score (nSPS) is 17.3. The van der Waals surface area contributed by atoms with Crippen LogP contribution in [0.5, 0.6) is 0 Å². The molecule has 0 spiro atoms. The Morgan fingerprint density at radius 1 is 1.04 bits per heavy atom. The molecule has 1 aliphatic heterocycles. The molecule has 1 fully saturated rings. The minimum atomic E-state index is 0.290. The molecule has 0 N–H and O–H groups in total. The van der Waals surface area contributed by atoms with Crippen LogP contribution in [0.25, 0.3) is 17.1 Å². The molecular weight excluding hydrogens is 366 g/mol. The SMILES string of the molecule is Clc1ccccc1-c1nnc(SC[C@@H]2CCCCO2)n1-c1ccccc1. The van der Waals surface area contributed by atoms with Gasteiger partial charge < -0.3 is 4.74 Å². The molecule has 0 radical (unpaired) electrons. The lowest BCUT2D eigenvalue weighted by Gasteiger charge is -2.22. The Labute approximate surface area is 162 Å². The topological polar surface area (TPSA) is 39.9 Å². The first-order chi connectivity index (χ1) is 12.8. The maximum Gasteiger partial charge on any atom is 0.196 e. The van der Waals surface area contributed by atoms with Gasteiger partial charge in [-0.05, 0) is 43.5 Å². The number of ether oxygens (including phenoxy) is 1. The van der Waals surface area contributed by atoms with Crippen molar-refractivity contribution >= 4 is 23.4 Å². The first-order valence-electron chi connectivity index (χ1n) is 8.83. The van der Waals surface area contributed by atoms with E-state index in [4.69, 9.17) is 16.3 Å². The van der Waals surface area contributed by atoms with Gasteiger partial charge in [0.1, 0.15) is 0 Å². The highest BCUT2D eigenvalue weighted by Crippen LogP contribution is 2.32. The smallest absolute Gasteiger partial charge is 0.196 e. The molecule has 2 aromatic carbocycles. The van der Waals surface area contributed by atoms with Crippen LogP contribution in [0.15, 0.2) is 59.8 Å². The molecule has 4 nitrogen and oxygen atoms in total. The summed E-state index contributed by atoms with van der Waals surface area (Å²) in [5.74, 6) is 1.64. The van der Waals surface area contributed by atoms with Crippen molar-refractivity contribution in [2.24, 2.45) is 0 Å². The summed E-state index contributed by atoms with van der Waals surface area (Å²) in [6, 6.07) is 17.9. The van der Waals surface area contributed by atoms with Crippen LogP contribution in [0.3, 0.4) is 0 Å². The minimum absolute atomic E-state index is 0.290. The van der Waals surface area contributed by atoms with E-state index in [1.54, 1.807) is 11.8 Å². The number of halogens is 1. The van der Waals surface area contributed by atoms with Gasteiger partial charge in [-0.3, -0.25) is 4.57 Å². The van der Waals surface area contributed by atoms with Crippen LogP contribution in [0.2, 0.25) is 5.02 Å². The zero-order valence-electron chi connectivity index (χ0n) is 14.3. The Hall–Kier alpha value is -1.82. The monoisotopic (exact) mass is 385 g/mol. The first-order valence-corrected chi connectivity index (χ1v) is 10.2. The van der Waals surface area contributed by atoms with Gasteiger partial charge in [-0.25, -0.2) is 0 Å². The molecule has 0 saturated carbocycles. The van der Waals surface area contributed by atoms with Gasteiger partial charge >= 0.3 is 0 Å². The summed E-state index contributed by atoms with van der Waals surface area (Å²) in [6.07, 6.45) is 3.81. The molecule has 0 amide bonds. The summed E-state index contributed by atoms with van der Waals surface area (Å²) in [4.78, 5) is 0. The Morgan fingerprint density at radius 2 is 1.85 bits per heavy atom. The Kier molecular flexibility index (Phi) is 5.58. The second-order valence-corrected chi connectivity index (χ2v) is 7.65. The van der Waals surface area contributed by atoms with Crippen LogP contribution in [0, 0.1) is 0 Å². The number of thioether (sulfide) groups is 1. The van der Waals surface area contributed by atoms with Gasteiger partial charge in [-0.15, -0.1) is 10.2 Å². The number of nitrogens with zero attached hydrogens (tertiary/aromatic N) is 3. The summed E-state index contributed by atoms with van der Waals surface area (Å²) in [5.41, 5.74) is 1.91. The predicted octanol–water partition coefficient (Wildman–Crippen LogP) is 5.25. The fourth-order valence-electron chi connectivity index (χ4n) is 3.10. The highest BCUT2D eigenvalue weighted by molar-refractivity contribution is 7.99. The van der Waals surface area contributed by atoms with Crippen LogP contribution in [-0.2, 0) is 4.74 Å². The molecule has 0 unspecified atom stereocenters. The number of hydrogen-bond donors (Lipinski definition) is 0. The van der Waals surface area contributed by atoms with Gasteiger partial charge in [0.15, 0.2) is 11.0 Å². The van der Waals surface area contributed by atoms with Crippen LogP contribution < -0.4 is 0 Å². The first kappa shape index (κ1) is 17.6. The van der Waals surface area contributed by atoms with Crippen LogP contribution >= 0.6 is 23.4 Å². The van der Waals surface area contributed by atoms with E-state index in [9.17, 15) is 0 Å². The average molecular weight is 386 g/mol. The lowest BCUT2D eigenvalue weighted by molar-refractivity contribution is 0.0315. The second kappa shape index (κ2) is 8.25. The number of benzene rings is 2. The third-order valence-corrected chi connectivity index (χ3v) is 5.83. The van der Waals surface area contributed by atoms with E-state index in [1.807, 2.05) is 42.5 Å². The van der Waals surface area contributed by atoms with Crippen molar-refractivity contribution in [3.05, 3.63) is 59.6 Å². The molecule has 3 aromatic rings. The number of hydrogen-bond acceptors (Lipinski definition) is 4. The lowest BCUT2D eigenvalue weighted by atomic mass is 10.1. The van der Waals surface area contributed by atoms with E-state index in [0.717, 1.165) is 47.4 Å². The second-order valence-electron chi connectivity index (χ2n) is 6.26. The summed E-state index contributed by atoms with van der Waals surface area (Å²) >= 11 is 8.11. The van der Waals surface area contributed by atoms with E-state index < -0.39 is 0 Å². The van der Waals surface area contributed by atoms with Crippen LogP contribution in [0.4, 0.5) is 0 Å². The highest BCUT2D eigenvalue weighted by atomic mass is 35.5. The van der Waals surface area contributed by atoms with Gasteiger partial charge in [0.05, 0.1) is 11.1 Å². The Bertz CT molecular complexity index is 863. The molecule has 1 saturated heterocycles.